The van der Waals surface area contributed by atoms with E-state index in [-0.39, 0.29) is 11.9 Å². The van der Waals surface area contributed by atoms with Gasteiger partial charge in [-0.2, -0.15) is 0 Å². The van der Waals surface area contributed by atoms with Gasteiger partial charge in [0.2, 0.25) is 5.60 Å². The molecule has 4 nitrogen and oxygen atoms in total. The van der Waals surface area contributed by atoms with Crippen LogP contribution in [0.4, 0.5) is 0 Å². The second kappa shape index (κ2) is 9.87. The van der Waals surface area contributed by atoms with Gasteiger partial charge in [0.15, 0.2) is 0 Å². The molecule has 0 aromatic heterocycles. The molecule has 0 aromatic carbocycles. The van der Waals surface area contributed by atoms with Crippen molar-refractivity contribution in [3.8, 4) is 0 Å². The summed E-state index contributed by atoms with van der Waals surface area (Å²) in [7, 11) is 0. The molecule has 1 saturated heterocycles. The second-order valence-corrected chi connectivity index (χ2v) is 11.7. The third kappa shape index (κ3) is 4.70. The normalized spacial score (nSPS) is 38.9. The van der Waals surface area contributed by atoms with Crippen LogP contribution in [0.2, 0.25) is 0 Å². The first-order valence-electron chi connectivity index (χ1n) is 12.9. The number of carbonyl (C=O) groups is 2. The number of rotatable bonds is 3. The predicted octanol–water partition coefficient (Wildman–Crippen LogP) is 7.41. The third-order valence-corrected chi connectivity index (χ3v) is 9.05. The third-order valence-electron chi connectivity index (χ3n) is 9.05. The van der Waals surface area contributed by atoms with Crippen molar-refractivity contribution in [2.24, 2.45) is 16.7 Å². The molecule has 0 radical (unpaired) electrons. The van der Waals surface area contributed by atoms with Crippen LogP contribution in [0.1, 0.15) is 99.8 Å². The minimum Gasteiger partial charge on any atom is -0.455 e. The van der Waals surface area contributed by atoms with Gasteiger partial charge in [0, 0.05) is 11.3 Å². The molecule has 1 heterocycles. The fraction of sp³-hybridized carbons (Fsp3) is 0.667. The Morgan fingerprint density at radius 3 is 2.12 bits per heavy atom. The molecular formula is C30H44O4. The summed E-state index contributed by atoms with van der Waals surface area (Å²) in [4.78, 5) is 26.5. The largest absolute Gasteiger partial charge is 0.455 e. The van der Waals surface area contributed by atoms with Crippen LogP contribution in [-0.2, 0) is 19.1 Å². The lowest BCUT2D eigenvalue weighted by molar-refractivity contribution is -0.186. The van der Waals surface area contributed by atoms with E-state index in [0.29, 0.717) is 12.8 Å². The Balaban J connectivity index is 1.93. The summed E-state index contributed by atoms with van der Waals surface area (Å²) in [6.07, 6.45) is 13.3. The van der Waals surface area contributed by atoms with Crippen molar-refractivity contribution in [2.45, 2.75) is 112 Å². The SMILES string of the molecule is C=C(C)C1CC/C(C)=C/CC/C(C)=C/CC/C(C)=C/C1OC(=O)C12CCC(C)(C(=O)O1)C2(C)C. The minimum atomic E-state index is -1.21. The van der Waals surface area contributed by atoms with Crippen molar-refractivity contribution >= 4 is 11.9 Å². The Morgan fingerprint density at radius 1 is 1.00 bits per heavy atom. The predicted molar refractivity (Wildman–Crippen MR) is 137 cm³/mol. The van der Waals surface area contributed by atoms with Crippen LogP contribution in [-0.4, -0.2) is 23.6 Å². The van der Waals surface area contributed by atoms with Gasteiger partial charge in [-0.05, 0) is 92.1 Å². The molecule has 2 fully saturated rings. The van der Waals surface area contributed by atoms with E-state index in [9.17, 15) is 9.59 Å². The van der Waals surface area contributed by atoms with E-state index in [1.54, 1.807) is 0 Å². The molecule has 0 aromatic rings. The monoisotopic (exact) mass is 468 g/mol. The number of allylic oxidation sites excluding steroid dienone is 5. The maximum absolute atomic E-state index is 13.8. The molecule has 1 aliphatic heterocycles. The van der Waals surface area contributed by atoms with Crippen molar-refractivity contribution < 1.29 is 19.1 Å². The lowest BCUT2D eigenvalue weighted by atomic mass is 9.66. The molecule has 0 spiro atoms. The van der Waals surface area contributed by atoms with Gasteiger partial charge in [-0.15, -0.1) is 0 Å². The van der Waals surface area contributed by atoms with E-state index in [4.69, 9.17) is 9.47 Å². The summed E-state index contributed by atoms with van der Waals surface area (Å²) in [6.45, 7) is 18.6. The van der Waals surface area contributed by atoms with E-state index >= 15 is 0 Å². The van der Waals surface area contributed by atoms with E-state index in [2.05, 4.69) is 45.6 Å². The minimum absolute atomic E-state index is 0.00636. The second-order valence-electron chi connectivity index (χ2n) is 11.7. The van der Waals surface area contributed by atoms with Gasteiger partial charge in [0.05, 0.1) is 5.41 Å². The molecule has 0 amide bonds. The van der Waals surface area contributed by atoms with Crippen molar-refractivity contribution in [3.63, 3.8) is 0 Å². The fourth-order valence-electron chi connectivity index (χ4n) is 5.89. The Morgan fingerprint density at radius 2 is 1.59 bits per heavy atom. The molecule has 3 aliphatic rings. The molecular weight excluding hydrogens is 424 g/mol. The van der Waals surface area contributed by atoms with Gasteiger partial charge < -0.3 is 9.47 Å². The maximum Gasteiger partial charge on any atom is 0.351 e. The molecule has 2 bridgehead atoms. The molecule has 34 heavy (non-hydrogen) atoms. The number of ether oxygens (including phenoxy) is 2. The van der Waals surface area contributed by atoms with Crippen LogP contribution in [0.5, 0.6) is 0 Å². The summed E-state index contributed by atoms with van der Waals surface area (Å²) < 4.78 is 12.1. The Bertz CT molecular complexity index is 933. The molecule has 4 atom stereocenters. The number of fused-ring (bicyclic) bond motifs is 2. The number of esters is 2. The van der Waals surface area contributed by atoms with Crippen LogP contribution < -0.4 is 0 Å². The quantitative estimate of drug-likeness (QED) is 0.320. The molecule has 0 N–H and O–H groups in total. The van der Waals surface area contributed by atoms with Crippen LogP contribution in [0.15, 0.2) is 47.1 Å². The lowest BCUT2D eigenvalue weighted by Crippen LogP contribution is -2.50. The topological polar surface area (TPSA) is 52.6 Å². The number of hydrogen-bond donors (Lipinski definition) is 0. The lowest BCUT2D eigenvalue weighted by Gasteiger charge is -2.36. The highest BCUT2D eigenvalue weighted by Crippen LogP contribution is 2.66. The van der Waals surface area contributed by atoms with Gasteiger partial charge >= 0.3 is 11.9 Å². The Labute approximate surface area is 206 Å². The van der Waals surface area contributed by atoms with Gasteiger partial charge in [0.25, 0.3) is 0 Å². The number of hydrogen-bond acceptors (Lipinski definition) is 4. The maximum atomic E-state index is 13.8. The average molecular weight is 469 g/mol. The molecule has 2 aliphatic carbocycles. The molecule has 4 heteroatoms. The zero-order chi connectivity index (χ0) is 25.3. The zero-order valence-corrected chi connectivity index (χ0v) is 22.4. The first kappa shape index (κ1) is 26.5. The average Bonchev–Trinajstić information content (AvgIpc) is 3.03. The molecule has 4 unspecified atom stereocenters. The first-order chi connectivity index (χ1) is 15.8. The van der Waals surface area contributed by atoms with E-state index in [0.717, 1.165) is 44.1 Å². The zero-order valence-electron chi connectivity index (χ0n) is 22.4. The summed E-state index contributed by atoms with van der Waals surface area (Å²) >= 11 is 0. The smallest absolute Gasteiger partial charge is 0.351 e. The van der Waals surface area contributed by atoms with E-state index < -0.39 is 28.5 Å². The standard InChI is InChI=1S/C30H44O4/c1-20(2)24-16-15-22(4)13-9-11-21(3)12-10-14-23(5)19-25(24)33-27(32)30-18-17-29(8,26(31)34-30)28(30,6)7/h12-13,19,24-25H,1,9-11,14-18H2,2-8H3/b21-12+,22-13+,23-19+. The van der Waals surface area contributed by atoms with Crippen LogP contribution in [0, 0.1) is 16.7 Å². The fourth-order valence-corrected chi connectivity index (χ4v) is 5.89. The molecule has 1 saturated carbocycles. The highest BCUT2D eigenvalue weighted by atomic mass is 16.6. The Hall–Kier alpha value is -2.10. The summed E-state index contributed by atoms with van der Waals surface area (Å²) in [6, 6.07) is 0. The highest BCUT2D eigenvalue weighted by Gasteiger charge is 2.76. The van der Waals surface area contributed by atoms with Gasteiger partial charge in [-0.3, -0.25) is 4.79 Å². The summed E-state index contributed by atoms with van der Waals surface area (Å²) in [5, 5.41) is 0. The van der Waals surface area contributed by atoms with Crippen molar-refractivity contribution in [1.29, 1.82) is 0 Å². The summed E-state index contributed by atoms with van der Waals surface area (Å²) in [5.74, 6) is -0.679. The van der Waals surface area contributed by atoms with E-state index in [1.165, 1.54) is 16.7 Å². The van der Waals surface area contributed by atoms with Crippen LogP contribution in [0.25, 0.3) is 0 Å². The Kier molecular flexibility index (Phi) is 7.70. The van der Waals surface area contributed by atoms with Crippen LogP contribution in [0.3, 0.4) is 0 Å². The van der Waals surface area contributed by atoms with Crippen molar-refractivity contribution in [1.82, 2.24) is 0 Å². The van der Waals surface area contributed by atoms with Gasteiger partial charge in [-0.1, -0.05) is 54.9 Å². The number of carbonyl (C=O) groups excluding carboxylic acids is 2. The summed E-state index contributed by atoms with van der Waals surface area (Å²) in [5.41, 5.74) is 2.51. The highest BCUT2D eigenvalue weighted by molar-refractivity contribution is 5.93. The van der Waals surface area contributed by atoms with Gasteiger partial charge in [-0.25, -0.2) is 4.79 Å². The van der Waals surface area contributed by atoms with Crippen LogP contribution >= 0.6 is 0 Å². The molecule has 3 rings (SSSR count). The van der Waals surface area contributed by atoms with Gasteiger partial charge in [0.1, 0.15) is 6.10 Å². The van der Waals surface area contributed by atoms with Crippen molar-refractivity contribution in [3.05, 3.63) is 47.1 Å². The van der Waals surface area contributed by atoms with E-state index in [1.807, 2.05) is 27.7 Å². The molecule has 188 valence electrons. The first-order valence-corrected chi connectivity index (χ1v) is 12.9. The van der Waals surface area contributed by atoms with Crippen molar-refractivity contribution in [2.75, 3.05) is 0 Å².